The Balaban J connectivity index is 1.67. The van der Waals surface area contributed by atoms with Gasteiger partial charge >= 0.3 is 0 Å². The first kappa shape index (κ1) is 17.7. The van der Waals surface area contributed by atoms with Crippen molar-refractivity contribution in [2.75, 3.05) is 7.11 Å². The number of ether oxygens (including phenoxy) is 1. The lowest BCUT2D eigenvalue weighted by molar-refractivity contribution is 0.0933. The molecule has 1 fully saturated rings. The van der Waals surface area contributed by atoms with E-state index in [0.29, 0.717) is 5.69 Å². The fourth-order valence-corrected chi connectivity index (χ4v) is 4.25. The predicted molar refractivity (Wildman–Crippen MR) is 115 cm³/mol. The number of carbonyl (C=O) groups excluding carboxylic acids is 1. The van der Waals surface area contributed by atoms with E-state index in [1.165, 1.54) is 12.8 Å². The van der Waals surface area contributed by atoms with Crippen LogP contribution >= 0.6 is 0 Å². The van der Waals surface area contributed by atoms with E-state index in [1.54, 1.807) is 7.11 Å². The molecule has 5 nitrogen and oxygen atoms in total. The predicted octanol–water partition coefficient (Wildman–Crippen LogP) is 5.06. The van der Waals surface area contributed by atoms with Gasteiger partial charge in [-0.2, -0.15) is 0 Å². The summed E-state index contributed by atoms with van der Waals surface area (Å²) in [7, 11) is 1.65. The minimum absolute atomic E-state index is 0.0983. The molecule has 5 heteroatoms. The Kier molecular flexibility index (Phi) is 4.43. The number of rotatable bonds is 4. The molecule has 4 aromatic rings. The van der Waals surface area contributed by atoms with Crippen LogP contribution in [0.2, 0.25) is 0 Å². The van der Waals surface area contributed by atoms with E-state index in [0.717, 1.165) is 51.7 Å². The molecule has 146 valence electrons. The second-order valence-corrected chi connectivity index (χ2v) is 7.63. The summed E-state index contributed by atoms with van der Waals surface area (Å²) in [6.07, 6.45) is 4.45. The van der Waals surface area contributed by atoms with E-state index < -0.39 is 0 Å². The second-order valence-electron chi connectivity index (χ2n) is 7.63. The summed E-state index contributed by atoms with van der Waals surface area (Å²) in [6, 6.07) is 18.1. The van der Waals surface area contributed by atoms with Gasteiger partial charge in [0, 0.05) is 27.9 Å². The van der Waals surface area contributed by atoms with Gasteiger partial charge in [0.15, 0.2) is 0 Å². The summed E-state index contributed by atoms with van der Waals surface area (Å²) in [4.78, 5) is 21.2. The van der Waals surface area contributed by atoms with E-state index in [2.05, 4.69) is 16.4 Å². The molecule has 0 spiro atoms. The molecule has 1 amide bonds. The number of hydrogen-bond acceptors (Lipinski definition) is 3. The third-order valence-corrected chi connectivity index (χ3v) is 5.78. The third kappa shape index (κ3) is 3.23. The number of aromatic amines is 1. The summed E-state index contributed by atoms with van der Waals surface area (Å²) >= 11 is 0. The molecule has 1 aliphatic rings. The number of nitrogens with one attached hydrogen (secondary N) is 2. The first-order valence-corrected chi connectivity index (χ1v) is 10.1. The molecule has 0 unspecified atom stereocenters. The van der Waals surface area contributed by atoms with Crippen LogP contribution in [0.1, 0.15) is 36.2 Å². The molecule has 2 aromatic heterocycles. The number of methoxy groups -OCH3 is 1. The molecule has 0 saturated heterocycles. The summed E-state index contributed by atoms with van der Waals surface area (Å²) in [5.74, 6) is 0.690. The molecule has 2 heterocycles. The highest BCUT2D eigenvalue weighted by molar-refractivity contribution is 6.13. The van der Waals surface area contributed by atoms with E-state index >= 15 is 0 Å². The summed E-state index contributed by atoms with van der Waals surface area (Å²) in [6.45, 7) is 0. The maximum atomic E-state index is 13.0. The summed E-state index contributed by atoms with van der Waals surface area (Å²) < 4.78 is 5.28. The van der Waals surface area contributed by atoms with Crippen LogP contribution in [0.3, 0.4) is 0 Å². The van der Waals surface area contributed by atoms with E-state index in [-0.39, 0.29) is 11.9 Å². The monoisotopic (exact) mass is 385 g/mol. The molecule has 0 atom stereocenters. The Bertz CT molecular complexity index is 1190. The molecule has 2 N–H and O–H groups in total. The van der Waals surface area contributed by atoms with Gasteiger partial charge in [0.2, 0.25) is 0 Å². The number of fused-ring (bicyclic) bond motifs is 3. The number of H-pyrrole nitrogens is 1. The average molecular weight is 385 g/mol. The van der Waals surface area contributed by atoms with Gasteiger partial charge < -0.3 is 15.0 Å². The van der Waals surface area contributed by atoms with Crippen molar-refractivity contribution in [3.8, 4) is 17.0 Å². The first-order chi connectivity index (χ1) is 14.2. The van der Waals surface area contributed by atoms with E-state index in [9.17, 15) is 4.79 Å². The maximum absolute atomic E-state index is 13.0. The van der Waals surface area contributed by atoms with Crippen molar-refractivity contribution in [2.24, 2.45) is 0 Å². The molecular formula is C24H23N3O2. The SMILES string of the molecule is COc1ccc(-c2nc(C(=O)NC3CCCC3)cc3c2[nH]c2ccccc23)cc1. The number of para-hydroxylation sites is 1. The lowest BCUT2D eigenvalue weighted by atomic mass is 10.1. The normalized spacial score (nSPS) is 14.5. The topological polar surface area (TPSA) is 67.0 Å². The second kappa shape index (κ2) is 7.24. The van der Waals surface area contributed by atoms with Crippen molar-refractivity contribution in [1.29, 1.82) is 0 Å². The Hall–Kier alpha value is -3.34. The van der Waals surface area contributed by atoms with Crippen LogP contribution in [-0.4, -0.2) is 29.0 Å². The van der Waals surface area contributed by atoms with Crippen LogP contribution in [0, 0.1) is 0 Å². The molecule has 29 heavy (non-hydrogen) atoms. The van der Waals surface area contributed by atoms with Gasteiger partial charge in [-0.3, -0.25) is 4.79 Å². The number of aromatic nitrogens is 2. The highest BCUT2D eigenvalue weighted by Crippen LogP contribution is 2.33. The fraction of sp³-hybridized carbons (Fsp3) is 0.250. The molecule has 5 rings (SSSR count). The Morgan fingerprint density at radius 2 is 1.83 bits per heavy atom. The Morgan fingerprint density at radius 1 is 1.07 bits per heavy atom. The maximum Gasteiger partial charge on any atom is 0.270 e. The van der Waals surface area contributed by atoms with Gasteiger partial charge in [0.25, 0.3) is 5.91 Å². The highest BCUT2D eigenvalue weighted by atomic mass is 16.5. The standard InChI is InChI=1S/C24H23N3O2/c1-29-17-12-10-15(11-13-17)22-23-19(18-8-4-5-9-20(18)26-23)14-21(27-22)24(28)25-16-6-2-3-7-16/h4-5,8-14,16,26H,2-3,6-7H2,1H3,(H,25,28). The summed E-state index contributed by atoms with van der Waals surface area (Å²) in [5.41, 5.74) is 4.15. The van der Waals surface area contributed by atoms with Crippen molar-refractivity contribution < 1.29 is 9.53 Å². The van der Waals surface area contributed by atoms with E-state index in [1.807, 2.05) is 48.5 Å². The number of amides is 1. The van der Waals surface area contributed by atoms with Crippen molar-refractivity contribution in [2.45, 2.75) is 31.7 Å². The number of nitrogens with zero attached hydrogens (tertiary/aromatic N) is 1. The number of pyridine rings is 1. The molecule has 0 aliphatic heterocycles. The molecule has 2 aromatic carbocycles. The van der Waals surface area contributed by atoms with Crippen molar-refractivity contribution in [3.63, 3.8) is 0 Å². The zero-order valence-electron chi connectivity index (χ0n) is 16.4. The Morgan fingerprint density at radius 3 is 2.59 bits per heavy atom. The zero-order valence-corrected chi connectivity index (χ0v) is 16.4. The van der Waals surface area contributed by atoms with Gasteiger partial charge in [-0.1, -0.05) is 31.0 Å². The lowest BCUT2D eigenvalue weighted by Crippen LogP contribution is -2.33. The minimum Gasteiger partial charge on any atom is -0.497 e. The van der Waals surface area contributed by atoms with Crippen LogP contribution in [0.5, 0.6) is 5.75 Å². The van der Waals surface area contributed by atoms with Crippen LogP contribution in [0.4, 0.5) is 0 Å². The van der Waals surface area contributed by atoms with Crippen molar-refractivity contribution in [3.05, 3.63) is 60.3 Å². The number of hydrogen-bond donors (Lipinski definition) is 2. The summed E-state index contributed by atoms with van der Waals surface area (Å²) in [5, 5.41) is 5.27. The lowest BCUT2D eigenvalue weighted by Gasteiger charge is -2.13. The smallest absolute Gasteiger partial charge is 0.270 e. The molecule has 0 radical (unpaired) electrons. The zero-order chi connectivity index (χ0) is 19.8. The number of carbonyl (C=O) groups is 1. The van der Waals surface area contributed by atoms with Crippen LogP contribution < -0.4 is 10.1 Å². The molecule has 1 aliphatic carbocycles. The average Bonchev–Trinajstić information content (AvgIpc) is 3.40. The van der Waals surface area contributed by atoms with Crippen molar-refractivity contribution >= 4 is 27.7 Å². The van der Waals surface area contributed by atoms with Crippen LogP contribution in [0.25, 0.3) is 33.1 Å². The third-order valence-electron chi connectivity index (χ3n) is 5.78. The first-order valence-electron chi connectivity index (χ1n) is 10.1. The van der Waals surface area contributed by atoms with Gasteiger partial charge in [-0.25, -0.2) is 4.98 Å². The molecular weight excluding hydrogens is 362 g/mol. The van der Waals surface area contributed by atoms with Gasteiger partial charge in [0.1, 0.15) is 11.4 Å². The molecule has 0 bridgehead atoms. The largest absolute Gasteiger partial charge is 0.497 e. The van der Waals surface area contributed by atoms with Crippen LogP contribution in [0.15, 0.2) is 54.6 Å². The quantitative estimate of drug-likeness (QED) is 0.516. The van der Waals surface area contributed by atoms with Gasteiger partial charge in [0.05, 0.1) is 18.3 Å². The van der Waals surface area contributed by atoms with Gasteiger partial charge in [-0.05, 0) is 49.2 Å². The minimum atomic E-state index is -0.0983. The Labute approximate surface area is 169 Å². The van der Waals surface area contributed by atoms with Crippen molar-refractivity contribution in [1.82, 2.24) is 15.3 Å². The molecule has 1 saturated carbocycles. The highest BCUT2D eigenvalue weighted by Gasteiger charge is 2.21. The van der Waals surface area contributed by atoms with Gasteiger partial charge in [-0.15, -0.1) is 0 Å². The fourth-order valence-electron chi connectivity index (χ4n) is 4.25. The van der Waals surface area contributed by atoms with E-state index in [4.69, 9.17) is 9.72 Å². The number of benzene rings is 2. The van der Waals surface area contributed by atoms with Crippen LogP contribution in [-0.2, 0) is 0 Å².